The lowest BCUT2D eigenvalue weighted by Gasteiger charge is -2.23. The second-order valence-electron chi connectivity index (χ2n) is 5.23. The highest BCUT2D eigenvalue weighted by atomic mass is 32.2. The van der Waals surface area contributed by atoms with Crippen molar-refractivity contribution in [2.24, 2.45) is 0 Å². The van der Waals surface area contributed by atoms with Gasteiger partial charge in [-0.1, -0.05) is 13.0 Å². The van der Waals surface area contributed by atoms with Gasteiger partial charge >= 0.3 is 5.97 Å². The number of hydrogen-bond donors (Lipinski definition) is 1. The van der Waals surface area contributed by atoms with Crippen molar-refractivity contribution >= 4 is 16.0 Å². The Labute approximate surface area is 126 Å². The molecule has 5 nitrogen and oxygen atoms in total. The van der Waals surface area contributed by atoms with E-state index in [-0.39, 0.29) is 19.5 Å². The number of benzene rings is 1. The molecule has 0 saturated heterocycles. The van der Waals surface area contributed by atoms with Gasteiger partial charge in [0.2, 0.25) is 10.0 Å². The summed E-state index contributed by atoms with van der Waals surface area (Å²) < 4.78 is 26.9. The second-order valence-corrected chi connectivity index (χ2v) is 7.10. The first-order valence-corrected chi connectivity index (χ1v) is 8.36. The Morgan fingerprint density at radius 2 is 1.62 bits per heavy atom. The van der Waals surface area contributed by atoms with Crippen molar-refractivity contribution in [3.8, 4) is 0 Å². The number of aryl methyl sites for hydroxylation is 2. The maximum atomic E-state index is 12.9. The minimum Gasteiger partial charge on any atom is -0.481 e. The van der Waals surface area contributed by atoms with E-state index in [9.17, 15) is 13.2 Å². The van der Waals surface area contributed by atoms with Gasteiger partial charge in [-0.25, -0.2) is 8.42 Å². The lowest BCUT2D eigenvalue weighted by atomic mass is 10.0. The smallest absolute Gasteiger partial charge is 0.304 e. The molecule has 0 bridgehead atoms. The SMILES string of the molecule is CCN(CCC(=O)O)S(=O)(=O)c1c(C)c(C)cc(C)c1C. The monoisotopic (exact) mass is 313 g/mol. The number of hydrogen-bond acceptors (Lipinski definition) is 3. The number of rotatable bonds is 6. The predicted molar refractivity (Wildman–Crippen MR) is 82.1 cm³/mol. The van der Waals surface area contributed by atoms with Gasteiger partial charge in [0, 0.05) is 13.1 Å². The second kappa shape index (κ2) is 6.58. The van der Waals surface area contributed by atoms with Gasteiger partial charge in [-0.05, 0) is 49.9 Å². The van der Waals surface area contributed by atoms with E-state index in [0.717, 1.165) is 22.3 Å². The standard InChI is InChI=1S/C15H23NO4S/c1-6-16(8-7-14(17)18)21(19,20)15-12(4)10(2)9-11(3)13(15)5/h9H,6-8H2,1-5H3,(H,17,18). The zero-order valence-electron chi connectivity index (χ0n) is 13.2. The molecule has 0 aliphatic heterocycles. The van der Waals surface area contributed by atoms with Crippen molar-refractivity contribution in [3.63, 3.8) is 0 Å². The van der Waals surface area contributed by atoms with Crippen LogP contribution in [0.5, 0.6) is 0 Å². The minimum absolute atomic E-state index is 0.0139. The third kappa shape index (κ3) is 3.63. The molecule has 0 aliphatic rings. The topological polar surface area (TPSA) is 74.7 Å². The highest BCUT2D eigenvalue weighted by Crippen LogP contribution is 2.28. The maximum absolute atomic E-state index is 12.9. The van der Waals surface area contributed by atoms with Crippen LogP contribution >= 0.6 is 0 Å². The Hall–Kier alpha value is -1.40. The molecule has 0 atom stereocenters. The van der Waals surface area contributed by atoms with Gasteiger partial charge in [-0.15, -0.1) is 0 Å². The molecule has 6 heteroatoms. The van der Waals surface area contributed by atoms with Gasteiger partial charge in [-0.2, -0.15) is 4.31 Å². The summed E-state index contributed by atoms with van der Waals surface area (Å²) >= 11 is 0. The Bertz CT molecular complexity index is 624. The van der Waals surface area contributed by atoms with Crippen molar-refractivity contribution in [2.45, 2.75) is 45.9 Å². The van der Waals surface area contributed by atoms with E-state index in [1.807, 2.05) is 19.9 Å². The van der Waals surface area contributed by atoms with E-state index < -0.39 is 16.0 Å². The quantitative estimate of drug-likeness (QED) is 0.875. The molecule has 1 aromatic carbocycles. The van der Waals surface area contributed by atoms with Crippen molar-refractivity contribution in [1.29, 1.82) is 0 Å². The van der Waals surface area contributed by atoms with Gasteiger partial charge in [0.1, 0.15) is 0 Å². The fourth-order valence-electron chi connectivity index (χ4n) is 2.37. The van der Waals surface area contributed by atoms with Gasteiger partial charge in [0.05, 0.1) is 11.3 Å². The van der Waals surface area contributed by atoms with Crippen LogP contribution in [0, 0.1) is 27.7 Å². The maximum Gasteiger partial charge on any atom is 0.304 e. The normalized spacial score (nSPS) is 11.9. The zero-order chi connectivity index (χ0) is 16.4. The molecule has 0 unspecified atom stereocenters. The largest absolute Gasteiger partial charge is 0.481 e. The summed E-state index contributed by atoms with van der Waals surface area (Å²) in [6.45, 7) is 9.30. The number of carbonyl (C=O) groups is 1. The van der Waals surface area contributed by atoms with Crippen LogP contribution in [0.1, 0.15) is 35.6 Å². The molecule has 0 saturated carbocycles. The summed E-state index contributed by atoms with van der Waals surface area (Å²) in [4.78, 5) is 11.0. The van der Waals surface area contributed by atoms with Crippen LogP contribution in [-0.2, 0) is 14.8 Å². The van der Waals surface area contributed by atoms with Crippen LogP contribution in [0.3, 0.4) is 0 Å². The molecule has 1 N–H and O–H groups in total. The Morgan fingerprint density at radius 3 is 2.00 bits per heavy atom. The lowest BCUT2D eigenvalue weighted by Crippen LogP contribution is -2.34. The molecular weight excluding hydrogens is 290 g/mol. The van der Waals surface area contributed by atoms with Crippen LogP contribution in [0.2, 0.25) is 0 Å². The van der Waals surface area contributed by atoms with E-state index in [1.165, 1.54) is 4.31 Å². The number of aliphatic carboxylic acids is 1. The van der Waals surface area contributed by atoms with Gasteiger partial charge < -0.3 is 5.11 Å². The molecule has 0 aliphatic carbocycles. The average Bonchev–Trinajstić information content (AvgIpc) is 2.36. The fourth-order valence-corrected chi connectivity index (χ4v) is 4.39. The van der Waals surface area contributed by atoms with Crippen LogP contribution < -0.4 is 0 Å². The predicted octanol–water partition coefficient (Wildman–Crippen LogP) is 2.41. The Kier molecular flexibility index (Phi) is 5.53. The third-order valence-electron chi connectivity index (χ3n) is 3.82. The molecule has 21 heavy (non-hydrogen) atoms. The molecule has 0 heterocycles. The number of nitrogens with zero attached hydrogens (tertiary/aromatic N) is 1. The molecule has 0 fully saturated rings. The van der Waals surface area contributed by atoms with E-state index >= 15 is 0 Å². The Morgan fingerprint density at radius 1 is 1.14 bits per heavy atom. The number of carboxylic acid groups (broad SMARTS) is 1. The molecule has 118 valence electrons. The average molecular weight is 313 g/mol. The summed E-state index contributed by atoms with van der Waals surface area (Å²) in [5.74, 6) is -1.00. The van der Waals surface area contributed by atoms with Crippen molar-refractivity contribution in [2.75, 3.05) is 13.1 Å². The summed E-state index contributed by atoms with van der Waals surface area (Å²) in [7, 11) is -3.68. The Balaban J connectivity index is 3.39. The highest BCUT2D eigenvalue weighted by Gasteiger charge is 2.28. The van der Waals surface area contributed by atoms with Crippen LogP contribution in [-0.4, -0.2) is 36.9 Å². The molecule has 1 rings (SSSR count). The first-order valence-electron chi connectivity index (χ1n) is 6.92. The summed E-state index contributed by atoms with van der Waals surface area (Å²) in [6.07, 6.45) is -0.198. The molecule has 0 amide bonds. The molecule has 0 aromatic heterocycles. The first kappa shape index (κ1) is 17.7. The van der Waals surface area contributed by atoms with E-state index in [0.29, 0.717) is 4.90 Å². The van der Waals surface area contributed by atoms with Gasteiger partial charge in [-0.3, -0.25) is 4.79 Å². The molecule has 0 radical (unpaired) electrons. The van der Waals surface area contributed by atoms with E-state index in [4.69, 9.17) is 5.11 Å². The molecule has 0 spiro atoms. The number of carboxylic acids is 1. The van der Waals surface area contributed by atoms with Gasteiger partial charge in [0.15, 0.2) is 0 Å². The van der Waals surface area contributed by atoms with Crippen molar-refractivity contribution < 1.29 is 18.3 Å². The van der Waals surface area contributed by atoms with Crippen molar-refractivity contribution in [1.82, 2.24) is 4.31 Å². The summed E-state index contributed by atoms with van der Waals surface area (Å²) in [5, 5.41) is 8.77. The minimum atomic E-state index is -3.68. The molecule has 1 aromatic rings. The molecular formula is C15H23NO4S. The van der Waals surface area contributed by atoms with Crippen LogP contribution in [0.25, 0.3) is 0 Å². The van der Waals surface area contributed by atoms with Crippen LogP contribution in [0.4, 0.5) is 0 Å². The van der Waals surface area contributed by atoms with Gasteiger partial charge in [0.25, 0.3) is 0 Å². The third-order valence-corrected chi connectivity index (χ3v) is 6.07. The summed E-state index contributed by atoms with van der Waals surface area (Å²) in [6, 6.07) is 1.97. The first-order chi connectivity index (χ1) is 9.62. The highest BCUT2D eigenvalue weighted by molar-refractivity contribution is 7.89. The van der Waals surface area contributed by atoms with Crippen molar-refractivity contribution in [3.05, 3.63) is 28.3 Å². The van der Waals surface area contributed by atoms with Crippen LogP contribution in [0.15, 0.2) is 11.0 Å². The lowest BCUT2D eigenvalue weighted by molar-refractivity contribution is -0.137. The summed E-state index contributed by atoms with van der Waals surface area (Å²) in [5.41, 5.74) is 3.30. The van der Waals surface area contributed by atoms with E-state index in [1.54, 1.807) is 20.8 Å². The fraction of sp³-hybridized carbons (Fsp3) is 0.533. The number of sulfonamides is 1. The zero-order valence-corrected chi connectivity index (χ0v) is 14.0. The van der Waals surface area contributed by atoms with E-state index in [2.05, 4.69) is 0 Å².